The average molecular weight is 1290 g/mol. The maximum atomic E-state index is 14.4. The average Bonchev–Trinajstić information content (AvgIpc) is 2.79. The number of aromatic hydroxyl groups is 1. The van der Waals surface area contributed by atoms with Crippen LogP contribution in [0, 0.1) is 0 Å². The summed E-state index contributed by atoms with van der Waals surface area (Å²) in [4.78, 5) is 188. The molecule has 5 rings (SSSR count). The highest BCUT2D eigenvalue weighted by Crippen LogP contribution is 2.20. The van der Waals surface area contributed by atoms with Gasteiger partial charge in [-0.1, -0.05) is 60.7 Å². The van der Waals surface area contributed by atoms with Crippen molar-refractivity contribution in [3.05, 3.63) is 102 Å². The fourth-order valence-corrected chi connectivity index (χ4v) is 9.80. The van der Waals surface area contributed by atoms with E-state index in [2.05, 4.69) is 58.2 Å². The molecule has 4 aromatic rings. The molecular weight excluding hydrogens is 1210 g/mol. The number of thioether (sulfide) groups is 1. The molecule has 0 spiro atoms. The Hall–Kier alpha value is -10.2. The molecule has 1 aliphatic rings. The maximum absolute atomic E-state index is 14.4. The highest BCUT2D eigenvalue weighted by atomic mass is 32.2. The Morgan fingerprint density at radius 2 is 1.16 bits per heavy atom. The number of carboxylic acids is 2. The largest absolute Gasteiger partial charge is 0.550 e. The predicted molar refractivity (Wildman–Crippen MR) is 324 cm³/mol. The van der Waals surface area contributed by atoms with Gasteiger partial charge in [0.15, 0.2) is 0 Å². The summed E-state index contributed by atoms with van der Waals surface area (Å²) in [7, 11) is 0. The number of aromatic nitrogens is 1. The van der Waals surface area contributed by atoms with Gasteiger partial charge in [0.2, 0.25) is 70.9 Å². The summed E-state index contributed by atoms with van der Waals surface area (Å²) >= 11 is 1.27. The van der Waals surface area contributed by atoms with Crippen LogP contribution in [0.15, 0.2) is 85.1 Å². The number of aromatic amines is 1. The zero-order valence-corrected chi connectivity index (χ0v) is 50.7. The van der Waals surface area contributed by atoms with E-state index in [0.29, 0.717) is 22.0 Å². The molecule has 32 nitrogen and oxygen atoms in total. The number of carbonyl (C=O) groups is 14. The minimum atomic E-state index is -2.05. The molecule has 0 unspecified atom stereocenters. The number of fused-ring (bicyclic) bond motifs is 1. The van der Waals surface area contributed by atoms with Crippen molar-refractivity contribution in [2.45, 2.75) is 132 Å². The molecule has 10 atom stereocenters. The van der Waals surface area contributed by atoms with Crippen LogP contribution >= 0.6 is 11.8 Å². The number of primary amides is 2. The minimum absolute atomic E-state index is 0. The molecule has 2 heterocycles. The number of nitrogens with one attached hydrogen (secondary N) is 11. The van der Waals surface area contributed by atoms with Crippen molar-refractivity contribution in [2.24, 2.45) is 11.5 Å². The van der Waals surface area contributed by atoms with Crippen LogP contribution in [0.1, 0.15) is 68.6 Å². The number of hydrogen-bond acceptors (Lipinski definition) is 18. The summed E-state index contributed by atoms with van der Waals surface area (Å²) in [6, 6.07) is 6.04. The highest BCUT2D eigenvalue weighted by Gasteiger charge is 2.37. The van der Waals surface area contributed by atoms with Gasteiger partial charge in [0.25, 0.3) is 0 Å². The first kappa shape index (κ1) is 73.3. The van der Waals surface area contributed by atoms with Crippen LogP contribution in [-0.2, 0) is 86.4 Å². The van der Waals surface area contributed by atoms with Crippen molar-refractivity contribution in [3.63, 3.8) is 0 Å². The topological polar surface area (TPSA) is 547 Å². The summed E-state index contributed by atoms with van der Waals surface area (Å²) < 4.78 is 0. The number of hydrogen-bond donors (Lipinski definition) is 17. The van der Waals surface area contributed by atoms with Gasteiger partial charge in [-0.05, 0) is 73.1 Å². The van der Waals surface area contributed by atoms with Gasteiger partial charge in [-0.25, -0.2) is 0 Å². The van der Waals surface area contributed by atoms with Crippen LogP contribution in [0.5, 0.6) is 5.75 Å². The third kappa shape index (κ3) is 23.7. The maximum Gasteiger partial charge on any atom is 0.305 e. The van der Waals surface area contributed by atoms with Crippen LogP contribution in [0.2, 0.25) is 0 Å². The molecule has 1 saturated heterocycles. The number of rotatable bonds is 36. The van der Waals surface area contributed by atoms with Crippen LogP contribution < -0.4 is 75.9 Å². The molecule has 1 aromatic heterocycles. The predicted octanol–water partition coefficient (Wildman–Crippen LogP) is -4.95. The quantitative estimate of drug-likeness (QED) is 0.0203. The number of aliphatic hydroxyl groups is 1. The van der Waals surface area contributed by atoms with Crippen molar-refractivity contribution in [1.29, 1.82) is 0 Å². The molecule has 0 radical (unpaired) electrons. The lowest BCUT2D eigenvalue weighted by Crippen LogP contribution is -2.61. The van der Waals surface area contributed by atoms with E-state index >= 15 is 0 Å². The summed E-state index contributed by atoms with van der Waals surface area (Å²) in [6.07, 6.45) is -2.33. The third-order valence-electron chi connectivity index (χ3n) is 14.1. The number of carbonyl (C=O) groups excluding carboxylic acids is 13. The Balaban J connectivity index is 0.0000177. The third-order valence-corrected chi connectivity index (χ3v) is 14.7. The van der Waals surface area contributed by atoms with Gasteiger partial charge in [0.05, 0.1) is 19.1 Å². The van der Waals surface area contributed by atoms with Crippen molar-refractivity contribution < 1.29 is 87.5 Å². The molecule has 33 heteroatoms. The van der Waals surface area contributed by atoms with Gasteiger partial charge < -0.3 is 101 Å². The number of amides is 12. The van der Waals surface area contributed by atoms with Crippen molar-refractivity contribution in [1.82, 2.24) is 64.3 Å². The number of quaternary nitrogens is 1. The molecule has 1 aliphatic heterocycles. The van der Waals surface area contributed by atoms with Crippen molar-refractivity contribution in [2.75, 3.05) is 18.6 Å². The smallest absolute Gasteiger partial charge is 0.305 e. The SMILES string of the molecule is CSCC[C@H](NC(=O)[C@H](Cc1c[nH]c2ccccc12)NC(=O)CNC(=O)[C@@H](NC(=O)[C@H](Cc1ccc(O)cc1)NC(=O)[C@H](CC(=O)[O-])NC(=O)[C@H](CCC(N)=O)NC(=O)[C@@H]1CCC(=O)N1)[C@@H](C)O)C(=O)N[C@@H](CC(=O)O)C(=O)N[C@@H](Cc1ccccc1)C(N)=O.[NH4+]. The number of carboxylic acid groups (broad SMARTS) is 2. The molecule has 22 N–H and O–H groups in total. The number of benzene rings is 3. The second kappa shape index (κ2) is 35.7. The van der Waals surface area contributed by atoms with E-state index < -0.39 is 182 Å². The van der Waals surface area contributed by atoms with E-state index in [0.717, 1.165) is 6.92 Å². The summed E-state index contributed by atoms with van der Waals surface area (Å²) in [5.74, 6) is -15.4. The van der Waals surface area contributed by atoms with Crippen LogP contribution in [0.25, 0.3) is 10.9 Å². The van der Waals surface area contributed by atoms with Gasteiger partial charge in [-0.2, -0.15) is 11.8 Å². The monoisotopic (exact) mass is 1290 g/mol. The van der Waals surface area contributed by atoms with Gasteiger partial charge in [-0.3, -0.25) is 62.3 Å². The van der Waals surface area contributed by atoms with Crippen LogP contribution in [-0.4, -0.2) is 182 Å². The number of aliphatic hydroxyl groups excluding tert-OH is 1. The standard InChI is InChI=1S/C58H73N13O18S.H3N/c1-29(72)49(71-57(88)40(23-31-12-14-33(73)15-13-31)68-56(87)43(26-48(79)80)69-52(83)37(16-18-44(59)74)65-51(82)36-17-19-45(75)63-36)58(89)62-28-46(76)64-41(24-32-27-61-35-11-7-6-10-34(32)35)54(85)66-38(20-21-90-2)53(84)70-42(25-47(77)78)55(86)67-39(50(60)81)22-30-8-4-3-5-9-30;/h3-15,27,29,36-43,49,61,72-73H,16-26,28H2,1-2H3,(H2,59,74)(H2,60,81)(H,62,89)(H,63,75)(H,64,76)(H,65,82)(H,66,85)(H,67,86)(H,68,87)(H,69,83)(H,70,84)(H,71,88)(H,77,78)(H,79,80);1H3/t29-,36+,37+,38+,39+,40+,41+,42+,43+,49+;/m1./s1. The van der Waals surface area contributed by atoms with Crippen molar-refractivity contribution >= 4 is 105 Å². The fraction of sp³-hybridized carbons (Fsp3) is 0.414. The second-order valence-corrected chi connectivity index (χ2v) is 22.1. The normalized spacial score (nSPS) is 15.5. The first-order valence-corrected chi connectivity index (χ1v) is 29.6. The molecule has 91 heavy (non-hydrogen) atoms. The van der Waals surface area contributed by atoms with Gasteiger partial charge in [-0.15, -0.1) is 0 Å². The minimum Gasteiger partial charge on any atom is -0.550 e. The lowest BCUT2D eigenvalue weighted by Gasteiger charge is -2.28. The zero-order chi connectivity index (χ0) is 66.2. The van der Waals surface area contributed by atoms with E-state index in [9.17, 15) is 87.5 Å². The highest BCUT2D eigenvalue weighted by molar-refractivity contribution is 7.98. The number of phenols is 1. The molecule has 0 bridgehead atoms. The summed E-state index contributed by atoms with van der Waals surface area (Å²) in [5.41, 5.74) is 12.9. The molecule has 0 saturated carbocycles. The van der Waals surface area contributed by atoms with Gasteiger partial charge >= 0.3 is 5.97 Å². The van der Waals surface area contributed by atoms with Gasteiger partial charge in [0, 0.05) is 61.6 Å². The van der Waals surface area contributed by atoms with Crippen molar-refractivity contribution in [3.8, 4) is 5.75 Å². The second-order valence-electron chi connectivity index (χ2n) is 21.1. The lowest BCUT2D eigenvalue weighted by molar-refractivity contribution is -0.306. The summed E-state index contributed by atoms with van der Waals surface area (Å²) in [5, 5.41) is 66.8. The molecule has 492 valence electrons. The Kier molecular flexibility index (Phi) is 28.8. The first-order chi connectivity index (χ1) is 42.7. The molecular formula is C58H76N14O18S. The van der Waals surface area contributed by atoms with E-state index in [1.165, 1.54) is 36.0 Å². The number of aliphatic carboxylic acids is 2. The fourth-order valence-electron chi connectivity index (χ4n) is 9.33. The van der Waals surface area contributed by atoms with Crippen LogP contribution in [0.3, 0.4) is 0 Å². The molecule has 0 aliphatic carbocycles. The zero-order valence-electron chi connectivity index (χ0n) is 49.9. The van der Waals surface area contributed by atoms with Gasteiger partial charge in [0.1, 0.15) is 60.1 Å². The van der Waals surface area contributed by atoms with E-state index in [1.54, 1.807) is 67.0 Å². The number of H-pyrrole nitrogens is 1. The number of para-hydroxylation sites is 1. The van der Waals surface area contributed by atoms with E-state index in [1.807, 2.05) is 0 Å². The number of nitrogens with two attached hydrogens (primary N) is 2. The van der Waals surface area contributed by atoms with E-state index in [-0.39, 0.29) is 55.3 Å². The lowest BCUT2D eigenvalue weighted by atomic mass is 10.0. The van der Waals surface area contributed by atoms with E-state index in [4.69, 9.17) is 11.5 Å². The molecule has 3 aromatic carbocycles. The number of phenolic OH excluding ortho intramolecular Hbond substituents is 1. The Morgan fingerprint density at radius 1 is 0.637 bits per heavy atom. The Labute approximate surface area is 524 Å². The van der Waals surface area contributed by atoms with Crippen LogP contribution in [0.4, 0.5) is 0 Å². The Morgan fingerprint density at radius 3 is 1.75 bits per heavy atom. The molecule has 12 amide bonds. The summed E-state index contributed by atoms with van der Waals surface area (Å²) in [6.45, 7) is 0.159. The first-order valence-electron chi connectivity index (χ1n) is 28.2. The molecule has 1 fully saturated rings. The Bertz CT molecular complexity index is 3280.